The first-order chi connectivity index (χ1) is 17.4. The Hall–Kier alpha value is -3.72. The summed E-state index contributed by atoms with van der Waals surface area (Å²) in [6, 6.07) is 16.4. The Labute approximate surface area is 218 Å². The van der Waals surface area contributed by atoms with Crippen LogP contribution in [0.5, 0.6) is 0 Å². The zero-order valence-electron chi connectivity index (χ0n) is 21.7. The number of benzene rings is 3. The van der Waals surface area contributed by atoms with Gasteiger partial charge in [0.25, 0.3) is 10.0 Å². The van der Waals surface area contributed by atoms with Crippen molar-refractivity contribution in [3.8, 4) is 0 Å². The fraction of sp³-hybridized carbons (Fsp3) is 0.286. The van der Waals surface area contributed by atoms with Gasteiger partial charge in [-0.15, -0.1) is 0 Å². The fourth-order valence-electron chi connectivity index (χ4n) is 4.04. The van der Waals surface area contributed by atoms with Crippen LogP contribution in [0.1, 0.15) is 29.2 Å². The highest BCUT2D eigenvalue weighted by atomic mass is 32.2. The van der Waals surface area contributed by atoms with Gasteiger partial charge in [-0.3, -0.25) is 13.9 Å². The van der Waals surface area contributed by atoms with E-state index in [2.05, 4.69) is 5.32 Å². The van der Waals surface area contributed by atoms with Crippen molar-refractivity contribution < 1.29 is 22.4 Å². The van der Waals surface area contributed by atoms with E-state index in [-0.39, 0.29) is 11.4 Å². The van der Waals surface area contributed by atoms with E-state index in [1.54, 1.807) is 31.2 Å². The van der Waals surface area contributed by atoms with Crippen molar-refractivity contribution in [1.29, 1.82) is 0 Å². The number of carbonyl (C=O) groups excluding carboxylic acids is 2. The van der Waals surface area contributed by atoms with Crippen molar-refractivity contribution in [2.45, 2.75) is 45.2 Å². The standard InChI is InChI=1S/C28H32FN3O4S/c1-19-6-12-26(13-7-19)37(35,36)32(25-15-20(2)14-21(3)16-25)18-27(33)31(22(4)28(34)30-5)17-23-8-10-24(29)11-9-23/h6-16,22H,17-18H2,1-5H3,(H,30,34)/t22-/m1/s1. The summed E-state index contributed by atoms with van der Waals surface area (Å²) in [4.78, 5) is 27.6. The van der Waals surface area contributed by atoms with Gasteiger partial charge in [0, 0.05) is 13.6 Å². The number of sulfonamides is 1. The maximum absolute atomic E-state index is 13.8. The lowest BCUT2D eigenvalue weighted by Crippen LogP contribution is -2.50. The van der Waals surface area contributed by atoms with Crippen LogP contribution in [0.25, 0.3) is 0 Å². The number of carbonyl (C=O) groups is 2. The molecule has 3 aromatic carbocycles. The minimum Gasteiger partial charge on any atom is -0.357 e. The molecule has 0 aliphatic rings. The highest BCUT2D eigenvalue weighted by Crippen LogP contribution is 2.27. The van der Waals surface area contributed by atoms with Gasteiger partial charge >= 0.3 is 0 Å². The second kappa shape index (κ2) is 11.6. The number of anilines is 1. The van der Waals surface area contributed by atoms with Crippen LogP contribution < -0.4 is 9.62 Å². The van der Waals surface area contributed by atoms with Crippen molar-refractivity contribution in [2.24, 2.45) is 0 Å². The van der Waals surface area contributed by atoms with E-state index in [1.165, 1.54) is 48.3 Å². The van der Waals surface area contributed by atoms with Crippen LogP contribution in [0.15, 0.2) is 71.6 Å². The van der Waals surface area contributed by atoms with Gasteiger partial charge in [-0.25, -0.2) is 12.8 Å². The van der Waals surface area contributed by atoms with Gasteiger partial charge in [0.15, 0.2) is 0 Å². The summed E-state index contributed by atoms with van der Waals surface area (Å²) >= 11 is 0. The summed E-state index contributed by atoms with van der Waals surface area (Å²) in [6.45, 7) is 6.60. The molecule has 0 unspecified atom stereocenters. The zero-order valence-corrected chi connectivity index (χ0v) is 22.5. The Kier molecular flexibility index (Phi) is 8.70. The number of hydrogen-bond acceptors (Lipinski definition) is 4. The highest BCUT2D eigenvalue weighted by molar-refractivity contribution is 7.92. The van der Waals surface area contributed by atoms with E-state index < -0.39 is 40.2 Å². The third-order valence-electron chi connectivity index (χ3n) is 6.06. The van der Waals surface area contributed by atoms with Crippen molar-refractivity contribution in [2.75, 3.05) is 17.9 Å². The van der Waals surface area contributed by atoms with Gasteiger partial charge in [-0.05, 0) is 80.8 Å². The summed E-state index contributed by atoms with van der Waals surface area (Å²) in [6.07, 6.45) is 0. The van der Waals surface area contributed by atoms with Crippen LogP contribution in [0.3, 0.4) is 0 Å². The van der Waals surface area contributed by atoms with Gasteiger partial charge < -0.3 is 10.2 Å². The lowest BCUT2D eigenvalue weighted by Gasteiger charge is -2.32. The number of amides is 2. The molecule has 3 rings (SSSR count). The molecule has 0 heterocycles. The summed E-state index contributed by atoms with van der Waals surface area (Å²) in [5, 5.41) is 2.53. The Morgan fingerprint density at radius 3 is 2.00 bits per heavy atom. The Morgan fingerprint density at radius 2 is 1.46 bits per heavy atom. The summed E-state index contributed by atoms with van der Waals surface area (Å²) in [5.74, 6) is -1.41. The number of likely N-dealkylation sites (N-methyl/N-ethyl adjacent to an activating group) is 1. The monoisotopic (exact) mass is 525 g/mol. The van der Waals surface area contributed by atoms with E-state index >= 15 is 0 Å². The fourth-order valence-corrected chi connectivity index (χ4v) is 5.44. The molecule has 0 aromatic heterocycles. The molecule has 0 aliphatic carbocycles. The molecule has 0 bridgehead atoms. The third kappa shape index (κ3) is 6.74. The number of nitrogens with one attached hydrogen (secondary N) is 1. The smallest absolute Gasteiger partial charge is 0.264 e. The molecule has 0 aliphatic heterocycles. The molecule has 0 fully saturated rings. The van der Waals surface area contributed by atoms with E-state index in [4.69, 9.17) is 0 Å². The van der Waals surface area contributed by atoms with Crippen molar-refractivity contribution in [3.63, 3.8) is 0 Å². The summed E-state index contributed by atoms with van der Waals surface area (Å²) in [5.41, 5.74) is 3.53. The molecule has 37 heavy (non-hydrogen) atoms. The minimum absolute atomic E-state index is 0.00103. The van der Waals surface area contributed by atoms with Gasteiger partial charge in [-0.2, -0.15) is 0 Å². The minimum atomic E-state index is -4.13. The second-order valence-electron chi connectivity index (χ2n) is 9.11. The highest BCUT2D eigenvalue weighted by Gasteiger charge is 2.32. The third-order valence-corrected chi connectivity index (χ3v) is 7.85. The lowest BCUT2D eigenvalue weighted by molar-refractivity contribution is -0.139. The maximum atomic E-state index is 13.8. The van der Waals surface area contributed by atoms with Crippen LogP contribution in [-0.4, -0.2) is 44.8 Å². The molecule has 9 heteroatoms. The molecule has 1 N–H and O–H groups in total. The molecular weight excluding hydrogens is 493 g/mol. The van der Waals surface area contributed by atoms with Crippen LogP contribution in [-0.2, 0) is 26.2 Å². The average Bonchev–Trinajstić information content (AvgIpc) is 2.85. The first-order valence-electron chi connectivity index (χ1n) is 11.9. The molecular formula is C28H32FN3O4S. The second-order valence-corrected chi connectivity index (χ2v) is 11.0. The van der Waals surface area contributed by atoms with Crippen LogP contribution >= 0.6 is 0 Å². The Balaban J connectivity index is 2.06. The van der Waals surface area contributed by atoms with Gasteiger partial charge in [0.05, 0.1) is 10.6 Å². The van der Waals surface area contributed by atoms with Crippen molar-refractivity contribution in [1.82, 2.24) is 10.2 Å². The lowest BCUT2D eigenvalue weighted by atomic mass is 10.1. The van der Waals surface area contributed by atoms with Crippen LogP contribution in [0.4, 0.5) is 10.1 Å². The zero-order chi connectivity index (χ0) is 27.3. The number of aryl methyl sites for hydroxylation is 3. The number of nitrogens with zero attached hydrogens (tertiary/aromatic N) is 2. The largest absolute Gasteiger partial charge is 0.357 e. The van der Waals surface area contributed by atoms with E-state index in [1.807, 2.05) is 26.8 Å². The predicted molar refractivity (Wildman–Crippen MR) is 142 cm³/mol. The molecule has 0 saturated heterocycles. The number of rotatable bonds is 9. The molecule has 7 nitrogen and oxygen atoms in total. The van der Waals surface area contributed by atoms with E-state index in [9.17, 15) is 22.4 Å². The van der Waals surface area contributed by atoms with Crippen molar-refractivity contribution in [3.05, 3.63) is 94.8 Å². The van der Waals surface area contributed by atoms with Crippen LogP contribution in [0.2, 0.25) is 0 Å². The maximum Gasteiger partial charge on any atom is 0.264 e. The Bertz CT molecular complexity index is 1350. The number of halogens is 1. The molecule has 2 amide bonds. The normalized spacial score (nSPS) is 12.1. The van der Waals surface area contributed by atoms with Gasteiger partial charge in [-0.1, -0.05) is 35.9 Å². The first-order valence-corrected chi connectivity index (χ1v) is 13.3. The molecule has 3 aromatic rings. The topological polar surface area (TPSA) is 86.8 Å². The van der Waals surface area contributed by atoms with Gasteiger partial charge in [0.2, 0.25) is 11.8 Å². The Morgan fingerprint density at radius 1 is 0.892 bits per heavy atom. The molecule has 1 atom stereocenters. The molecule has 196 valence electrons. The van der Waals surface area contributed by atoms with E-state index in [0.29, 0.717) is 11.3 Å². The molecule has 0 saturated carbocycles. The quantitative estimate of drug-likeness (QED) is 0.456. The summed E-state index contributed by atoms with van der Waals surface area (Å²) in [7, 11) is -2.67. The van der Waals surface area contributed by atoms with E-state index in [0.717, 1.165) is 21.0 Å². The van der Waals surface area contributed by atoms with Gasteiger partial charge in [0.1, 0.15) is 18.4 Å². The first kappa shape index (κ1) is 27.9. The molecule has 0 spiro atoms. The summed E-state index contributed by atoms with van der Waals surface area (Å²) < 4.78 is 42.2. The SMILES string of the molecule is CNC(=O)[C@@H](C)N(Cc1ccc(F)cc1)C(=O)CN(c1cc(C)cc(C)c1)S(=O)(=O)c1ccc(C)cc1. The molecule has 0 radical (unpaired) electrons. The van der Waals surface area contributed by atoms with Crippen molar-refractivity contribution >= 4 is 27.5 Å². The predicted octanol–water partition coefficient (Wildman–Crippen LogP) is 4.11. The average molecular weight is 526 g/mol. The number of hydrogen-bond donors (Lipinski definition) is 1. The van der Waals surface area contributed by atoms with Crippen LogP contribution in [0, 0.1) is 26.6 Å².